The first kappa shape index (κ1) is 16.0. The SMILES string of the molecule is CCCCCCCC(=O)N(CCCBr)C1CCC1. The summed E-state index contributed by atoms with van der Waals surface area (Å²) >= 11 is 3.46. The molecule has 0 unspecified atom stereocenters. The van der Waals surface area contributed by atoms with E-state index in [4.69, 9.17) is 0 Å². The Kier molecular flexibility index (Phi) is 8.74. The summed E-state index contributed by atoms with van der Waals surface area (Å²) in [4.78, 5) is 14.4. The normalized spacial score (nSPS) is 15.4. The lowest BCUT2D eigenvalue weighted by molar-refractivity contribution is -0.135. The molecule has 0 aromatic heterocycles. The van der Waals surface area contributed by atoms with E-state index < -0.39 is 0 Å². The monoisotopic (exact) mass is 317 g/mol. The lowest BCUT2D eigenvalue weighted by atomic mass is 9.91. The van der Waals surface area contributed by atoms with Crippen molar-refractivity contribution in [3.8, 4) is 0 Å². The molecule has 3 heteroatoms. The molecule has 18 heavy (non-hydrogen) atoms. The zero-order valence-electron chi connectivity index (χ0n) is 11.8. The fourth-order valence-electron chi connectivity index (χ4n) is 2.46. The van der Waals surface area contributed by atoms with Crippen LogP contribution in [-0.2, 0) is 4.79 Å². The Hall–Kier alpha value is -0.0500. The average Bonchev–Trinajstić information content (AvgIpc) is 2.31. The predicted molar refractivity (Wildman–Crippen MR) is 81.1 cm³/mol. The lowest BCUT2D eigenvalue weighted by Crippen LogP contribution is -2.44. The van der Waals surface area contributed by atoms with Gasteiger partial charge >= 0.3 is 0 Å². The Morgan fingerprint density at radius 3 is 2.44 bits per heavy atom. The summed E-state index contributed by atoms with van der Waals surface area (Å²) < 4.78 is 0. The van der Waals surface area contributed by atoms with Gasteiger partial charge in [0.2, 0.25) is 5.91 Å². The van der Waals surface area contributed by atoms with Crippen LogP contribution in [0.1, 0.15) is 71.1 Å². The summed E-state index contributed by atoms with van der Waals surface area (Å²) in [5.41, 5.74) is 0. The standard InChI is InChI=1S/C15H28BrNO/c1-2-3-4-5-6-11-15(18)17(13-8-12-16)14-9-7-10-14/h14H,2-13H2,1H3. The smallest absolute Gasteiger partial charge is 0.222 e. The fraction of sp³-hybridized carbons (Fsp3) is 0.933. The van der Waals surface area contributed by atoms with E-state index in [9.17, 15) is 4.79 Å². The third-order valence-corrected chi connectivity index (χ3v) is 4.42. The van der Waals surface area contributed by atoms with Gasteiger partial charge in [0.25, 0.3) is 0 Å². The van der Waals surface area contributed by atoms with Crippen molar-refractivity contribution in [2.75, 3.05) is 11.9 Å². The van der Waals surface area contributed by atoms with Crippen molar-refractivity contribution in [2.45, 2.75) is 77.2 Å². The van der Waals surface area contributed by atoms with Gasteiger partial charge in [-0.1, -0.05) is 48.5 Å². The Bertz CT molecular complexity index is 229. The Morgan fingerprint density at radius 2 is 1.89 bits per heavy atom. The van der Waals surface area contributed by atoms with Gasteiger partial charge in [-0.2, -0.15) is 0 Å². The van der Waals surface area contributed by atoms with Gasteiger partial charge in [0.05, 0.1) is 0 Å². The Balaban J connectivity index is 2.21. The molecule has 0 saturated heterocycles. The predicted octanol–water partition coefficient (Wildman–Crippen LogP) is 4.51. The second-order valence-corrected chi connectivity index (χ2v) is 6.17. The molecule has 0 aliphatic heterocycles. The van der Waals surface area contributed by atoms with Crippen LogP contribution in [0.5, 0.6) is 0 Å². The van der Waals surface area contributed by atoms with E-state index in [-0.39, 0.29) is 0 Å². The van der Waals surface area contributed by atoms with Crippen LogP contribution in [0.25, 0.3) is 0 Å². The highest BCUT2D eigenvalue weighted by atomic mass is 79.9. The Morgan fingerprint density at radius 1 is 1.17 bits per heavy atom. The quantitative estimate of drug-likeness (QED) is 0.428. The van der Waals surface area contributed by atoms with Gasteiger partial charge in [0.1, 0.15) is 0 Å². The number of carbonyl (C=O) groups excluding carboxylic acids is 1. The van der Waals surface area contributed by atoms with Gasteiger partial charge in [0, 0.05) is 24.3 Å². The molecule has 0 aromatic carbocycles. The molecular weight excluding hydrogens is 290 g/mol. The van der Waals surface area contributed by atoms with E-state index in [0.29, 0.717) is 11.9 Å². The van der Waals surface area contributed by atoms with Crippen molar-refractivity contribution >= 4 is 21.8 Å². The molecule has 2 nitrogen and oxygen atoms in total. The van der Waals surface area contributed by atoms with E-state index in [0.717, 1.165) is 31.1 Å². The minimum Gasteiger partial charge on any atom is -0.340 e. The topological polar surface area (TPSA) is 20.3 Å². The number of alkyl halides is 1. The average molecular weight is 318 g/mol. The number of unbranched alkanes of at least 4 members (excludes halogenated alkanes) is 4. The summed E-state index contributed by atoms with van der Waals surface area (Å²) in [5.74, 6) is 0.400. The van der Waals surface area contributed by atoms with Crippen molar-refractivity contribution in [1.82, 2.24) is 4.90 Å². The number of amides is 1. The molecule has 1 aliphatic rings. The highest BCUT2D eigenvalue weighted by Crippen LogP contribution is 2.26. The Labute approximate surface area is 121 Å². The third kappa shape index (κ3) is 5.73. The molecule has 1 saturated carbocycles. The maximum atomic E-state index is 12.2. The van der Waals surface area contributed by atoms with Crippen LogP contribution >= 0.6 is 15.9 Å². The van der Waals surface area contributed by atoms with Gasteiger partial charge in [-0.05, 0) is 32.1 Å². The minimum atomic E-state index is 0.400. The van der Waals surface area contributed by atoms with Crippen LogP contribution in [-0.4, -0.2) is 28.7 Å². The summed E-state index contributed by atoms with van der Waals surface area (Å²) in [7, 11) is 0. The van der Waals surface area contributed by atoms with Crippen LogP contribution < -0.4 is 0 Å². The number of hydrogen-bond donors (Lipinski definition) is 0. The highest BCUT2D eigenvalue weighted by Gasteiger charge is 2.27. The highest BCUT2D eigenvalue weighted by molar-refractivity contribution is 9.09. The van der Waals surface area contributed by atoms with Crippen LogP contribution in [0.3, 0.4) is 0 Å². The largest absolute Gasteiger partial charge is 0.340 e. The molecule has 0 radical (unpaired) electrons. The first-order valence-electron chi connectivity index (χ1n) is 7.65. The van der Waals surface area contributed by atoms with E-state index in [1.807, 2.05) is 0 Å². The number of nitrogens with zero attached hydrogens (tertiary/aromatic N) is 1. The van der Waals surface area contributed by atoms with Crippen molar-refractivity contribution in [1.29, 1.82) is 0 Å². The van der Waals surface area contributed by atoms with Crippen LogP contribution in [0.15, 0.2) is 0 Å². The maximum Gasteiger partial charge on any atom is 0.222 e. The molecular formula is C15H28BrNO. The minimum absolute atomic E-state index is 0.400. The molecule has 0 spiro atoms. The lowest BCUT2D eigenvalue weighted by Gasteiger charge is -2.37. The zero-order chi connectivity index (χ0) is 13.2. The van der Waals surface area contributed by atoms with E-state index in [1.54, 1.807) is 0 Å². The number of hydrogen-bond acceptors (Lipinski definition) is 1. The summed E-state index contributed by atoms with van der Waals surface area (Å²) in [5, 5.41) is 1.00. The second-order valence-electron chi connectivity index (χ2n) is 5.38. The number of carbonyl (C=O) groups is 1. The molecule has 1 fully saturated rings. The molecule has 0 bridgehead atoms. The molecule has 0 heterocycles. The van der Waals surface area contributed by atoms with Gasteiger partial charge in [-0.15, -0.1) is 0 Å². The molecule has 1 aliphatic carbocycles. The van der Waals surface area contributed by atoms with E-state index in [2.05, 4.69) is 27.8 Å². The van der Waals surface area contributed by atoms with Crippen LogP contribution in [0.4, 0.5) is 0 Å². The van der Waals surface area contributed by atoms with Gasteiger partial charge < -0.3 is 4.90 Å². The molecule has 0 aromatic rings. The van der Waals surface area contributed by atoms with E-state index in [1.165, 1.54) is 44.9 Å². The van der Waals surface area contributed by atoms with Crippen molar-refractivity contribution in [2.24, 2.45) is 0 Å². The van der Waals surface area contributed by atoms with Gasteiger partial charge in [0.15, 0.2) is 0 Å². The third-order valence-electron chi connectivity index (χ3n) is 3.86. The van der Waals surface area contributed by atoms with Crippen molar-refractivity contribution in [3.63, 3.8) is 0 Å². The van der Waals surface area contributed by atoms with Crippen molar-refractivity contribution < 1.29 is 4.79 Å². The first-order valence-corrected chi connectivity index (χ1v) is 8.77. The molecule has 0 atom stereocenters. The molecule has 0 N–H and O–H groups in total. The van der Waals surface area contributed by atoms with Crippen LogP contribution in [0, 0.1) is 0 Å². The summed E-state index contributed by atoms with van der Waals surface area (Å²) in [6.07, 6.45) is 11.8. The van der Waals surface area contributed by atoms with Crippen LogP contribution in [0.2, 0.25) is 0 Å². The molecule has 106 valence electrons. The van der Waals surface area contributed by atoms with E-state index >= 15 is 0 Å². The van der Waals surface area contributed by atoms with Gasteiger partial charge in [-0.25, -0.2) is 0 Å². The van der Waals surface area contributed by atoms with Crippen molar-refractivity contribution in [3.05, 3.63) is 0 Å². The fourth-order valence-corrected chi connectivity index (χ4v) is 2.71. The maximum absolute atomic E-state index is 12.2. The number of halogens is 1. The molecule has 1 rings (SSSR count). The summed E-state index contributed by atoms with van der Waals surface area (Å²) in [6, 6.07) is 0.562. The first-order chi connectivity index (χ1) is 8.79. The van der Waals surface area contributed by atoms with Gasteiger partial charge in [-0.3, -0.25) is 4.79 Å². The zero-order valence-corrected chi connectivity index (χ0v) is 13.4. The number of rotatable bonds is 10. The molecule has 1 amide bonds. The second kappa shape index (κ2) is 9.82. The summed E-state index contributed by atoms with van der Waals surface area (Å²) in [6.45, 7) is 3.17.